The highest BCUT2D eigenvalue weighted by Crippen LogP contribution is 2.31. The number of anilines is 2. The van der Waals surface area contributed by atoms with Gasteiger partial charge in [0.2, 0.25) is 0 Å². The van der Waals surface area contributed by atoms with Crippen molar-refractivity contribution in [3.8, 4) is 17.0 Å². The predicted molar refractivity (Wildman–Crippen MR) is 72.8 cm³/mol. The monoisotopic (exact) mass is 244 g/mol. The first kappa shape index (κ1) is 12.2. The molecule has 0 spiro atoms. The van der Waals surface area contributed by atoms with Gasteiger partial charge in [0.1, 0.15) is 12.0 Å². The first-order valence-electron chi connectivity index (χ1n) is 5.55. The summed E-state index contributed by atoms with van der Waals surface area (Å²) in [5.41, 5.74) is 8.54. The van der Waals surface area contributed by atoms with Crippen LogP contribution in [0.5, 0.6) is 5.75 Å². The summed E-state index contributed by atoms with van der Waals surface area (Å²) < 4.78 is 5.25. The van der Waals surface area contributed by atoms with Crippen LogP contribution in [-0.2, 0) is 0 Å². The van der Waals surface area contributed by atoms with Crippen molar-refractivity contribution in [1.82, 2.24) is 9.97 Å². The highest BCUT2D eigenvalue weighted by molar-refractivity contribution is 5.72. The van der Waals surface area contributed by atoms with E-state index >= 15 is 0 Å². The topological polar surface area (TPSA) is 64.3 Å². The van der Waals surface area contributed by atoms with Gasteiger partial charge in [-0.1, -0.05) is 12.1 Å². The van der Waals surface area contributed by atoms with Gasteiger partial charge in [-0.15, -0.1) is 0 Å². The molecular formula is C13H16N4O. The van der Waals surface area contributed by atoms with Gasteiger partial charge in [-0.25, -0.2) is 9.97 Å². The standard InChI is InChI=1S/C13H16N4O/c1-17(2)10-6-4-9(5-7-10)11-12(18-3)13(14)16-8-15-11/h4-8H,1-3H3,(H2,14,15,16). The van der Waals surface area contributed by atoms with Crippen molar-refractivity contribution in [3.63, 3.8) is 0 Å². The Bertz CT molecular complexity index is 537. The maximum Gasteiger partial charge on any atom is 0.187 e. The summed E-state index contributed by atoms with van der Waals surface area (Å²) in [5.74, 6) is 0.856. The van der Waals surface area contributed by atoms with Crippen molar-refractivity contribution in [1.29, 1.82) is 0 Å². The Labute approximate surface area is 106 Å². The first-order chi connectivity index (χ1) is 8.63. The fourth-order valence-corrected chi connectivity index (χ4v) is 1.71. The van der Waals surface area contributed by atoms with Gasteiger partial charge in [-0.05, 0) is 12.1 Å². The molecule has 0 atom stereocenters. The number of benzene rings is 1. The number of nitrogens with zero attached hydrogens (tertiary/aromatic N) is 3. The summed E-state index contributed by atoms with van der Waals surface area (Å²) in [6, 6.07) is 8.01. The van der Waals surface area contributed by atoms with Gasteiger partial charge in [0.05, 0.1) is 7.11 Å². The fraction of sp³-hybridized carbons (Fsp3) is 0.231. The van der Waals surface area contributed by atoms with Crippen molar-refractivity contribution in [2.24, 2.45) is 0 Å². The summed E-state index contributed by atoms with van der Waals surface area (Å²) in [6.07, 6.45) is 1.44. The number of nitrogen functional groups attached to an aromatic ring is 1. The van der Waals surface area contributed by atoms with Crippen LogP contribution in [-0.4, -0.2) is 31.2 Å². The minimum atomic E-state index is 0.346. The lowest BCUT2D eigenvalue weighted by atomic mass is 10.1. The van der Waals surface area contributed by atoms with Crippen LogP contribution in [0.2, 0.25) is 0 Å². The summed E-state index contributed by atoms with van der Waals surface area (Å²) >= 11 is 0. The molecule has 1 aromatic heterocycles. The Morgan fingerprint density at radius 1 is 1.11 bits per heavy atom. The van der Waals surface area contributed by atoms with Gasteiger partial charge >= 0.3 is 0 Å². The van der Waals surface area contributed by atoms with E-state index in [9.17, 15) is 0 Å². The van der Waals surface area contributed by atoms with E-state index in [0.717, 1.165) is 11.3 Å². The number of hydrogen-bond acceptors (Lipinski definition) is 5. The molecule has 0 unspecified atom stereocenters. The highest BCUT2D eigenvalue weighted by atomic mass is 16.5. The van der Waals surface area contributed by atoms with E-state index in [0.29, 0.717) is 17.3 Å². The van der Waals surface area contributed by atoms with E-state index in [2.05, 4.69) is 9.97 Å². The van der Waals surface area contributed by atoms with E-state index in [1.165, 1.54) is 6.33 Å². The summed E-state index contributed by atoms with van der Waals surface area (Å²) in [7, 11) is 5.56. The molecule has 0 radical (unpaired) electrons. The molecule has 2 rings (SSSR count). The van der Waals surface area contributed by atoms with E-state index in [4.69, 9.17) is 10.5 Å². The van der Waals surface area contributed by atoms with Gasteiger partial charge < -0.3 is 15.4 Å². The molecule has 1 aromatic carbocycles. The zero-order valence-corrected chi connectivity index (χ0v) is 10.7. The zero-order valence-electron chi connectivity index (χ0n) is 10.7. The molecule has 0 amide bonds. The number of rotatable bonds is 3. The van der Waals surface area contributed by atoms with Gasteiger partial charge in [-0.3, -0.25) is 0 Å². The smallest absolute Gasteiger partial charge is 0.187 e. The van der Waals surface area contributed by atoms with Crippen LogP contribution in [0.4, 0.5) is 11.5 Å². The highest BCUT2D eigenvalue weighted by Gasteiger charge is 2.11. The Kier molecular flexibility index (Phi) is 3.32. The van der Waals surface area contributed by atoms with E-state index in [-0.39, 0.29) is 0 Å². The van der Waals surface area contributed by atoms with Crippen LogP contribution in [0.3, 0.4) is 0 Å². The molecule has 0 bridgehead atoms. The molecule has 0 saturated heterocycles. The Hall–Kier alpha value is -2.30. The second-order valence-electron chi connectivity index (χ2n) is 4.08. The zero-order chi connectivity index (χ0) is 13.1. The fourth-order valence-electron chi connectivity index (χ4n) is 1.71. The lowest BCUT2D eigenvalue weighted by molar-refractivity contribution is 0.415. The SMILES string of the molecule is COc1c(N)ncnc1-c1ccc(N(C)C)cc1. The molecule has 5 nitrogen and oxygen atoms in total. The largest absolute Gasteiger partial charge is 0.491 e. The lowest BCUT2D eigenvalue weighted by Gasteiger charge is -2.13. The second kappa shape index (κ2) is 4.91. The van der Waals surface area contributed by atoms with Crippen LogP contribution in [0.1, 0.15) is 0 Å². The Morgan fingerprint density at radius 3 is 2.33 bits per heavy atom. The molecule has 1 heterocycles. The molecule has 0 aliphatic carbocycles. The van der Waals surface area contributed by atoms with E-state index < -0.39 is 0 Å². The first-order valence-corrected chi connectivity index (χ1v) is 5.55. The van der Waals surface area contributed by atoms with Crippen molar-refractivity contribution < 1.29 is 4.74 Å². The third-order valence-corrected chi connectivity index (χ3v) is 2.69. The molecule has 0 aliphatic rings. The molecule has 0 saturated carbocycles. The number of methoxy groups -OCH3 is 1. The third kappa shape index (κ3) is 2.20. The maximum absolute atomic E-state index is 5.76. The minimum Gasteiger partial charge on any atom is -0.491 e. The number of hydrogen-bond donors (Lipinski definition) is 1. The van der Waals surface area contributed by atoms with Crippen LogP contribution in [0, 0.1) is 0 Å². The average Bonchev–Trinajstić information content (AvgIpc) is 2.38. The number of aromatic nitrogens is 2. The van der Waals surface area contributed by atoms with Crippen molar-refractivity contribution in [2.45, 2.75) is 0 Å². The molecule has 94 valence electrons. The predicted octanol–water partition coefficient (Wildman–Crippen LogP) is 1.80. The quantitative estimate of drug-likeness (QED) is 0.892. The molecule has 5 heteroatoms. The van der Waals surface area contributed by atoms with Crippen LogP contribution >= 0.6 is 0 Å². The maximum atomic E-state index is 5.76. The summed E-state index contributed by atoms with van der Waals surface area (Å²) in [4.78, 5) is 10.2. The number of ether oxygens (including phenoxy) is 1. The third-order valence-electron chi connectivity index (χ3n) is 2.69. The van der Waals surface area contributed by atoms with Crippen LogP contribution in [0.25, 0.3) is 11.3 Å². The van der Waals surface area contributed by atoms with Gasteiger partial charge in [0.15, 0.2) is 11.6 Å². The normalized spacial score (nSPS) is 10.2. The molecule has 2 aromatic rings. The Morgan fingerprint density at radius 2 is 1.78 bits per heavy atom. The summed E-state index contributed by atoms with van der Waals surface area (Å²) in [6.45, 7) is 0. The van der Waals surface area contributed by atoms with E-state index in [1.807, 2.05) is 43.3 Å². The van der Waals surface area contributed by atoms with Crippen LogP contribution in [0.15, 0.2) is 30.6 Å². The Balaban J connectivity index is 2.46. The lowest BCUT2D eigenvalue weighted by Crippen LogP contribution is -2.08. The number of nitrogens with two attached hydrogens (primary N) is 1. The van der Waals surface area contributed by atoms with Gasteiger partial charge in [0.25, 0.3) is 0 Å². The van der Waals surface area contributed by atoms with Gasteiger partial charge in [0, 0.05) is 25.3 Å². The van der Waals surface area contributed by atoms with Crippen molar-refractivity contribution in [2.75, 3.05) is 31.8 Å². The second-order valence-corrected chi connectivity index (χ2v) is 4.08. The molecular weight excluding hydrogens is 228 g/mol. The van der Waals surface area contributed by atoms with Crippen molar-refractivity contribution >= 4 is 11.5 Å². The van der Waals surface area contributed by atoms with Gasteiger partial charge in [-0.2, -0.15) is 0 Å². The van der Waals surface area contributed by atoms with Crippen molar-refractivity contribution in [3.05, 3.63) is 30.6 Å². The summed E-state index contributed by atoms with van der Waals surface area (Å²) in [5, 5.41) is 0. The van der Waals surface area contributed by atoms with Crippen LogP contribution < -0.4 is 15.4 Å². The molecule has 0 aliphatic heterocycles. The molecule has 18 heavy (non-hydrogen) atoms. The average molecular weight is 244 g/mol. The molecule has 0 fully saturated rings. The molecule has 2 N–H and O–H groups in total. The van der Waals surface area contributed by atoms with E-state index in [1.54, 1.807) is 7.11 Å². The minimum absolute atomic E-state index is 0.346.